The van der Waals surface area contributed by atoms with Crippen LogP contribution in [0.25, 0.3) is 10.2 Å². The summed E-state index contributed by atoms with van der Waals surface area (Å²) in [6.45, 7) is 0.955. The van der Waals surface area contributed by atoms with Crippen LogP contribution < -0.4 is 10.6 Å². The molecule has 0 bridgehead atoms. The molecule has 1 saturated carbocycles. The topological polar surface area (TPSA) is 74.2 Å². The van der Waals surface area contributed by atoms with E-state index in [1.807, 2.05) is 18.2 Å². The quantitative estimate of drug-likeness (QED) is 0.712. The third-order valence-electron chi connectivity index (χ3n) is 4.30. The molecule has 1 aromatic heterocycles. The normalized spacial score (nSPS) is 16.6. The first-order chi connectivity index (χ1) is 11.1. The average Bonchev–Trinajstić information content (AvgIpc) is 3.16. The number of carbonyl (C=O) groups excluding carboxylic acids is 1. The highest BCUT2D eigenvalue weighted by Crippen LogP contribution is 2.28. The monoisotopic (exact) mass is 333 g/mol. The van der Waals surface area contributed by atoms with Crippen LogP contribution in [0.5, 0.6) is 0 Å². The van der Waals surface area contributed by atoms with Gasteiger partial charge in [-0.3, -0.25) is 0 Å². The summed E-state index contributed by atoms with van der Waals surface area (Å²) in [7, 11) is 0. The number of fused-ring (bicyclic) bond motifs is 1. The van der Waals surface area contributed by atoms with Crippen molar-refractivity contribution in [1.82, 2.24) is 15.6 Å². The third kappa shape index (κ3) is 4.42. The second-order valence-corrected chi connectivity index (χ2v) is 7.33. The van der Waals surface area contributed by atoms with Gasteiger partial charge in [-0.1, -0.05) is 25.0 Å². The highest BCUT2D eigenvalue weighted by atomic mass is 32.1. The number of aromatic nitrogens is 1. The summed E-state index contributed by atoms with van der Waals surface area (Å²) in [5.74, 6) is 0. The van der Waals surface area contributed by atoms with Gasteiger partial charge in [0.15, 0.2) is 0 Å². The predicted molar refractivity (Wildman–Crippen MR) is 92.8 cm³/mol. The number of benzene rings is 1. The number of para-hydroxylation sites is 1. The Hall–Kier alpha value is -1.66. The predicted octanol–water partition coefficient (Wildman–Crippen LogP) is 2.83. The molecule has 1 aliphatic carbocycles. The van der Waals surface area contributed by atoms with Gasteiger partial charge < -0.3 is 15.7 Å². The minimum atomic E-state index is -0.696. The van der Waals surface area contributed by atoms with Crippen LogP contribution in [0.2, 0.25) is 0 Å². The van der Waals surface area contributed by atoms with E-state index in [9.17, 15) is 9.90 Å². The number of aryl methyl sites for hydroxylation is 1. The van der Waals surface area contributed by atoms with Crippen molar-refractivity contribution in [2.45, 2.75) is 44.1 Å². The van der Waals surface area contributed by atoms with Gasteiger partial charge in [0.2, 0.25) is 0 Å². The fourth-order valence-electron chi connectivity index (χ4n) is 2.99. The first-order valence-electron chi connectivity index (χ1n) is 8.23. The molecule has 23 heavy (non-hydrogen) atoms. The number of rotatable bonds is 6. The summed E-state index contributed by atoms with van der Waals surface area (Å²) in [5.41, 5.74) is 0.348. The fourth-order valence-corrected chi connectivity index (χ4v) is 3.99. The lowest BCUT2D eigenvalue weighted by molar-refractivity contribution is 0.0501. The van der Waals surface area contributed by atoms with Crippen LogP contribution >= 0.6 is 11.3 Å². The van der Waals surface area contributed by atoms with Crippen molar-refractivity contribution < 1.29 is 9.90 Å². The Morgan fingerprint density at radius 1 is 1.26 bits per heavy atom. The molecule has 0 atom stereocenters. The largest absolute Gasteiger partial charge is 0.388 e. The van der Waals surface area contributed by atoms with Gasteiger partial charge >= 0.3 is 6.03 Å². The molecule has 2 amide bonds. The van der Waals surface area contributed by atoms with Crippen LogP contribution in [0.3, 0.4) is 0 Å². The minimum absolute atomic E-state index is 0.199. The highest BCUT2D eigenvalue weighted by Gasteiger charge is 2.31. The Kier molecular flexibility index (Phi) is 5.13. The Morgan fingerprint density at radius 3 is 2.83 bits per heavy atom. The number of thiazole rings is 1. The van der Waals surface area contributed by atoms with E-state index in [4.69, 9.17) is 0 Å². The first kappa shape index (κ1) is 16.2. The molecule has 5 nitrogen and oxygen atoms in total. The van der Waals surface area contributed by atoms with Gasteiger partial charge in [-0.2, -0.15) is 0 Å². The number of carbonyl (C=O) groups is 1. The molecule has 0 spiro atoms. The molecule has 124 valence electrons. The molecule has 2 aromatic rings. The van der Waals surface area contributed by atoms with E-state index in [0.29, 0.717) is 13.1 Å². The lowest BCUT2D eigenvalue weighted by Crippen LogP contribution is -2.45. The number of aliphatic hydroxyl groups is 1. The third-order valence-corrected chi connectivity index (χ3v) is 5.40. The van der Waals surface area contributed by atoms with Gasteiger partial charge in [0.25, 0.3) is 0 Å². The summed E-state index contributed by atoms with van der Waals surface area (Å²) < 4.78 is 1.21. The Bertz CT molecular complexity index is 632. The Morgan fingerprint density at radius 2 is 2.04 bits per heavy atom. The van der Waals surface area contributed by atoms with Gasteiger partial charge in [-0.25, -0.2) is 9.78 Å². The lowest BCUT2D eigenvalue weighted by atomic mass is 10.0. The van der Waals surface area contributed by atoms with Gasteiger partial charge in [0.1, 0.15) is 0 Å². The molecule has 0 unspecified atom stereocenters. The van der Waals surface area contributed by atoms with Gasteiger partial charge in [0.05, 0.1) is 20.8 Å². The summed E-state index contributed by atoms with van der Waals surface area (Å²) in [6, 6.07) is 7.92. The van der Waals surface area contributed by atoms with Gasteiger partial charge in [-0.05, 0) is 31.4 Å². The zero-order chi connectivity index (χ0) is 16.1. The number of urea groups is 1. The summed E-state index contributed by atoms with van der Waals surface area (Å²) in [4.78, 5) is 16.3. The van der Waals surface area contributed by atoms with Crippen LogP contribution in [-0.4, -0.2) is 34.8 Å². The van der Waals surface area contributed by atoms with Crippen LogP contribution in [0.1, 0.15) is 37.1 Å². The minimum Gasteiger partial charge on any atom is -0.388 e. The standard InChI is InChI=1S/C17H23N3O2S/c21-16(19-12-17(22)9-3-4-10-17)18-11-5-8-15-20-13-6-1-2-7-14(13)23-15/h1-2,6-7,22H,3-5,8-12H2,(H2,18,19,21). The molecule has 0 radical (unpaired) electrons. The van der Waals surface area contributed by atoms with Crippen molar-refractivity contribution in [1.29, 1.82) is 0 Å². The molecule has 1 heterocycles. The maximum absolute atomic E-state index is 11.7. The summed E-state index contributed by atoms with van der Waals surface area (Å²) in [6.07, 6.45) is 5.38. The molecule has 1 aromatic carbocycles. The van der Waals surface area contributed by atoms with E-state index < -0.39 is 5.60 Å². The van der Waals surface area contributed by atoms with E-state index in [1.165, 1.54) is 4.70 Å². The molecule has 3 rings (SSSR count). The first-order valence-corrected chi connectivity index (χ1v) is 9.05. The number of hydrogen-bond acceptors (Lipinski definition) is 4. The molecule has 1 aliphatic rings. The fraction of sp³-hybridized carbons (Fsp3) is 0.529. The molecule has 0 aliphatic heterocycles. The second-order valence-electron chi connectivity index (χ2n) is 6.22. The van der Waals surface area contributed by atoms with Crippen molar-refractivity contribution >= 4 is 27.6 Å². The molecule has 0 saturated heterocycles. The SMILES string of the molecule is O=C(NCCCc1nc2ccccc2s1)NCC1(O)CCCC1. The molecular weight excluding hydrogens is 310 g/mol. The number of nitrogens with one attached hydrogen (secondary N) is 2. The summed E-state index contributed by atoms with van der Waals surface area (Å²) in [5, 5.41) is 16.9. The number of amides is 2. The van der Waals surface area contributed by atoms with Crippen LogP contribution in [0, 0.1) is 0 Å². The lowest BCUT2D eigenvalue weighted by Gasteiger charge is -2.22. The van der Waals surface area contributed by atoms with Crippen molar-refractivity contribution in [3.8, 4) is 0 Å². The van der Waals surface area contributed by atoms with Crippen LogP contribution in [0.4, 0.5) is 4.79 Å². The zero-order valence-electron chi connectivity index (χ0n) is 13.2. The molecular formula is C17H23N3O2S. The maximum Gasteiger partial charge on any atom is 0.314 e. The van der Waals surface area contributed by atoms with Gasteiger partial charge in [-0.15, -0.1) is 11.3 Å². The second kappa shape index (κ2) is 7.27. The van der Waals surface area contributed by atoms with E-state index in [1.54, 1.807) is 11.3 Å². The van der Waals surface area contributed by atoms with Crippen LogP contribution in [-0.2, 0) is 6.42 Å². The average molecular weight is 333 g/mol. The molecule has 1 fully saturated rings. The maximum atomic E-state index is 11.7. The number of hydrogen-bond donors (Lipinski definition) is 3. The van der Waals surface area contributed by atoms with Crippen molar-refractivity contribution in [3.05, 3.63) is 29.3 Å². The summed E-state index contributed by atoms with van der Waals surface area (Å²) >= 11 is 1.71. The van der Waals surface area contributed by atoms with E-state index in [-0.39, 0.29) is 6.03 Å². The van der Waals surface area contributed by atoms with E-state index in [2.05, 4.69) is 21.7 Å². The van der Waals surface area contributed by atoms with Crippen molar-refractivity contribution in [2.24, 2.45) is 0 Å². The Balaban J connectivity index is 1.35. The van der Waals surface area contributed by atoms with E-state index in [0.717, 1.165) is 49.0 Å². The zero-order valence-corrected chi connectivity index (χ0v) is 14.0. The molecule has 3 N–H and O–H groups in total. The Labute approximate surface area is 140 Å². The number of nitrogens with zero attached hydrogens (tertiary/aromatic N) is 1. The highest BCUT2D eigenvalue weighted by molar-refractivity contribution is 7.18. The smallest absolute Gasteiger partial charge is 0.314 e. The van der Waals surface area contributed by atoms with E-state index >= 15 is 0 Å². The van der Waals surface area contributed by atoms with Crippen molar-refractivity contribution in [2.75, 3.05) is 13.1 Å². The van der Waals surface area contributed by atoms with Crippen molar-refractivity contribution in [3.63, 3.8) is 0 Å². The van der Waals surface area contributed by atoms with Gasteiger partial charge in [0, 0.05) is 19.5 Å². The van der Waals surface area contributed by atoms with Crippen LogP contribution in [0.15, 0.2) is 24.3 Å². The molecule has 6 heteroatoms.